The van der Waals surface area contributed by atoms with Crippen molar-refractivity contribution >= 4 is 50.5 Å². The van der Waals surface area contributed by atoms with Crippen molar-refractivity contribution < 1.29 is 18.0 Å². The number of nitrogens with zero attached hydrogens (tertiary/aromatic N) is 2. The van der Waals surface area contributed by atoms with Gasteiger partial charge >= 0.3 is 0 Å². The average molecular weight is 427 g/mol. The maximum absolute atomic E-state index is 13.2. The van der Waals surface area contributed by atoms with Gasteiger partial charge in [-0.1, -0.05) is 24.6 Å². The van der Waals surface area contributed by atoms with Crippen LogP contribution in [0, 0.1) is 0 Å². The predicted octanol–water partition coefficient (Wildman–Crippen LogP) is 3.52. The highest BCUT2D eigenvalue weighted by Gasteiger charge is 2.48. The molecule has 2 heterocycles. The summed E-state index contributed by atoms with van der Waals surface area (Å²) in [7, 11) is -3.89. The van der Waals surface area contributed by atoms with Crippen molar-refractivity contribution in [3.05, 3.63) is 46.8 Å². The summed E-state index contributed by atoms with van der Waals surface area (Å²) in [4.78, 5) is 26.7. The van der Waals surface area contributed by atoms with Crippen molar-refractivity contribution in [1.82, 2.24) is 4.31 Å². The van der Waals surface area contributed by atoms with Gasteiger partial charge in [0.25, 0.3) is 15.9 Å². The number of benzene rings is 1. The molecule has 1 aromatic carbocycles. The Morgan fingerprint density at radius 1 is 1.26 bits per heavy atom. The summed E-state index contributed by atoms with van der Waals surface area (Å²) in [6.45, 7) is 3.59. The highest BCUT2D eigenvalue weighted by Crippen LogP contribution is 2.33. The lowest BCUT2D eigenvalue weighted by Gasteiger charge is -2.31. The quantitative estimate of drug-likeness (QED) is 0.662. The summed E-state index contributed by atoms with van der Waals surface area (Å²) in [5.74, 6) is -0.968. The number of rotatable bonds is 6. The van der Waals surface area contributed by atoms with Crippen LogP contribution in [0.15, 0.2) is 46.0 Å². The van der Waals surface area contributed by atoms with E-state index < -0.39 is 33.9 Å². The molecule has 1 aromatic heterocycles. The molecule has 0 bridgehead atoms. The standard InChI is InChI=1S/C18H19ClN2O4S2/c1-3-12(2)21(27(24,25)17-5-4-10-26-17)15-11-16(22)20(18(15)23)14-8-6-13(19)7-9-14/h4-10,12,15H,3,11H2,1-2H3. The summed E-state index contributed by atoms with van der Waals surface area (Å²) in [6.07, 6.45) is 0.333. The van der Waals surface area contributed by atoms with Crippen LogP contribution >= 0.6 is 22.9 Å². The van der Waals surface area contributed by atoms with Gasteiger partial charge in [-0.05, 0) is 49.1 Å². The lowest BCUT2D eigenvalue weighted by atomic mass is 10.2. The predicted molar refractivity (Wildman–Crippen MR) is 105 cm³/mol. The summed E-state index contributed by atoms with van der Waals surface area (Å²) in [5, 5.41) is 2.15. The Balaban J connectivity index is 2.00. The number of hydrogen-bond donors (Lipinski definition) is 0. The van der Waals surface area contributed by atoms with E-state index in [-0.39, 0.29) is 10.6 Å². The molecule has 144 valence electrons. The zero-order valence-electron chi connectivity index (χ0n) is 14.8. The highest BCUT2D eigenvalue weighted by atomic mass is 35.5. The minimum atomic E-state index is -3.89. The molecule has 2 amide bonds. The smallest absolute Gasteiger partial charge is 0.253 e. The Kier molecular flexibility index (Phi) is 5.71. The van der Waals surface area contributed by atoms with Gasteiger partial charge in [-0.15, -0.1) is 11.3 Å². The largest absolute Gasteiger partial charge is 0.274 e. The first-order chi connectivity index (χ1) is 12.8. The zero-order chi connectivity index (χ0) is 19.8. The molecule has 0 radical (unpaired) electrons. The lowest BCUT2D eigenvalue weighted by molar-refractivity contribution is -0.122. The van der Waals surface area contributed by atoms with E-state index in [9.17, 15) is 18.0 Å². The Morgan fingerprint density at radius 3 is 2.48 bits per heavy atom. The summed E-state index contributed by atoms with van der Waals surface area (Å²) < 4.78 is 27.7. The van der Waals surface area contributed by atoms with E-state index in [0.29, 0.717) is 17.1 Å². The fourth-order valence-electron chi connectivity index (χ4n) is 3.08. The van der Waals surface area contributed by atoms with E-state index >= 15 is 0 Å². The molecule has 0 spiro atoms. The molecule has 9 heteroatoms. The molecule has 2 aromatic rings. The van der Waals surface area contributed by atoms with Crippen LogP contribution in [0.2, 0.25) is 5.02 Å². The Bertz CT molecular complexity index is 942. The fraction of sp³-hybridized carbons (Fsp3) is 0.333. The van der Waals surface area contributed by atoms with Gasteiger partial charge in [-0.3, -0.25) is 9.59 Å². The molecule has 1 fully saturated rings. The molecule has 0 saturated carbocycles. The first-order valence-corrected chi connectivity index (χ1v) is 11.2. The molecule has 1 aliphatic heterocycles. The average Bonchev–Trinajstić information content (AvgIpc) is 3.26. The molecule has 2 unspecified atom stereocenters. The second-order valence-electron chi connectivity index (χ2n) is 6.29. The molecule has 3 rings (SSSR count). The van der Waals surface area contributed by atoms with Gasteiger partial charge in [0.05, 0.1) is 12.1 Å². The topological polar surface area (TPSA) is 74.8 Å². The number of carbonyl (C=O) groups is 2. The van der Waals surface area contributed by atoms with Crippen molar-refractivity contribution in [2.45, 2.75) is 43.0 Å². The van der Waals surface area contributed by atoms with E-state index in [1.165, 1.54) is 10.4 Å². The van der Waals surface area contributed by atoms with Gasteiger partial charge in [-0.25, -0.2) is 13.3 Å². The van der Waals surface area contributed by atoms with Gasteiger partial charge < -0.3 is 0 Å². The first-order valence-electron chi connectivity index (χ1n) is 8.46. The summed E-state index contributed by atoms with van der Waals surface area (Å²) >= 11 is 6.96. The van der Waals surface area contributed by atoms with Crippen LogP contribution in [-0.4, -0.2) is 36.6 Å². The minimum Gasteiger partial charge on any atom is -0.274 e. The number of hydrogen-bond acceptors (Lipinski definition) is 5. The van der Waals surface area contributed by atoms with Crippen LogP contribution in [0.5, 0.6) is 0 Å². The number of thiophene rings is 1. The van der Waals surface area contributed by atoms with E-state index in [1.54, 1.807) is 42.6 Å². The SMILES string of the molecule is CCC(C)N(C1CC(=O)N(c2ccc(Cl)cc2)C1=O)S(=O)(=O)c1cccs1. The number of carbonyl (C=O) groups excluding carboxylic acids is 2. The summed E-state index contributed by atoms with van der Waals surface area (Å²) in [6, 6.07) is 7.98. The second-order valence-corrected chi connectivity index (χ2v) is 9.74. The maximum atomic E-state index is 13.2. The number of amides is 2. The van der Waals surface area contributed by atoms with E-state index in [1.807, 2.05) is 6.92 Å². The highest BCUT2D eigenvalue weighted by molar-refractivity contribution is 7.91. The van der Waals surface area contributed by atoms with Gasteiger partial charge in [0, 0.05) is 11.1 Å². The minimum absolute atomic E-state index is 0.160. The van der Waals surface area contributed by atoms with Crippen molar-refractivity contribution in [1.29, 1.82) is 0 Å². The van der Waals surface area contributed by atoms with Crippen LogP contribution in [0.4, 0.5) is 5.69 Å². The Morgan fingerprint density at radius 2 is 1.93 bits per heavy atom. The molecular formula is C18H19ClN2O4S2. The summed E-state index contributed by atoms with van der Waals surface area (Å²) in [5.41, 5.74) is 0.384. The number of sulfonamides is 1. The van der Waals surface area contributed by atoms with Crippen molar-refractivity contribution in [2.75, 3.05) is 4.90 Å². The van der Waals surface area contributed by atoms with Crippen molar-refractivity contribution in [3.8, 4) is 0 Å². The van der Waals surface area contributed by atoms with Crippen LogP contribution in [0.25, 0.3) is 0 Å². The molecule has 0 N–H and O–H groups in total. The van der Waals surface area contributed by atoms with Crippen LogP contribution in [0.1, 0.15) is 26.7 Å². The lowest BCUT2D eigenvalue weighted by Crippen LogP contribution is -2.49. The molecule has 27 heavy (non-hydrogen) atoms. The Hall–Kier alpha value is -1.74. The first kappa shape index (κ1) is 20.0. The maximum Gasteiger partial charge on any atom is 0.253 e. The third kappa shape index (κ3) is 3.67. The fourth-order valence-corrected chi connectivity index (χ4v) is 6.15. The normalized spacial score (nSPS) is 19.1. The van der Waals surface area contributed by atoms with Crippen LogP contribution in [-0.2, 0) is 19.6 Å². The van der Waals surface area contributed by atoms with Crippen LogP contribution < -0.4 is 4.90 Å². The van der Waals surface area contributed by atoms with E-state index in [4.69, 9.17) is 11.6 Å². The van der Waals surface area contributed by atoms with Gasteiger partial charge in [0.15, 0.2) is 0 Å². The van der Waals surface area contributed by atoms with Crippen molar-refractivity contribution in [2.24, 2.45) is 0 Å². The molecule has 2 atom stereocenters. The third-order valence-corrected chi connectivity index (χ3v) is 8.22. The van der Waals surface area contributed by atoms with Crippen LogP contribution in [0.3, 0.4) is 0 Å². The molecule has 0 aliphatic carbocycles. The number of halogens is 1. The third-order valence-electron chi connectivity index (χ3n) is 4.57. The number of imide groups is 1. The second kappa shape index (κ2) is 7.71. The molecule has 1 saturated heterocycles. The van der Waals surface area contributed by atoms with Crippen molar-refractivity contribution in [3.63, 3.8) is 0 Å². The Labute approximate surface area is 167 Å². The monoisotopic (exact) mass is 426 g/mol. The number of anilines is 1. The van der Waals surface area contributed by atoms with E-state index in [2.05, 4.69) is 0 Å². The van der Waals surface area contributed by atoms with E-state index in [0.717, 1.165) is 16.2 Å². The molecular weight excluding hydrogens is 408 g/mol. The zero-order valence-corrected chi connectivity index (χ0v) is 17.2. The van der Waals surface area contributed by atoms with Gasteiger partial charge in [-0.2, -0.15) is 4.31 Å². The van der Waals surface area contributed by atoms with Gasteiger partial charge in [0.1, 0.15) is 10.3 Å². The van der Waals surface area contributed by atoms with Gasteiger partial charge in [0.2, 0.25) is 5.91 Å². The molecule has 1 aliphatic rings. The molecule has 6 nitrogen and oxygen atoms in total.